The van der Waals surface area contributed by atoms with Crippen molar-refractivity contribution in [2.24, 2.45) is 5.92 Å². The van der Waals surface area contributed by atoms with Gasteiger partial charge in [0.2, 0.25) is 5.91 Å². The molecule has 2 aromatic heterocycles. The highest BCUT2D eigenvalue weighted by Gasteiger charge is 2.22. The van der Waals surface area contributed by atoms with Gasteiger partial charge in [0.05, 0.1) is 5.39 Å². The fraction of sp³-hybridized carbons (Fsp3) is 0.611. The SMILES string of the molecule is CC[C@@H]1CCCN(C(=O)CCc2nc3sc(C)c(C)c3c(=O)[nH]2)C1. The second-order valence-electron chi connectivity index (χ2n) is 6.73. The second kappa shape index (κ2) is 7.05. The van der Waals surface area contributed by atoms with Crippen molar-refractivity contribution in [3.63, 3.8) is 0 Å². The highest BCUT2D eigenvalue weighted by molar-refractivity contribution is 7.18. The molecule has 2 aromatic rings. The smallest absolute Gasteiger partial charge is 0.259 e. The van der Waals surface area contributed by atoms with Crippen LogP contribution in [0.15, 0.2) is 4.79 Å². The lowest BCUT2D eigenvalue weighted by Crippen LogP contribution is -2.39. The number of fused-ring (bicyclic) bond motifs is 1. The number of carbonyl (C=O) groups is 1. The molecule has 3 rings (SSSR count). The third-order valence-electron chi connectivity index (χ3n) is 5.11. The Labute approximate surface area is 146 Å². The first kappa shape index (κ1) is 17.1. The van der Waals surface area contributed by atoms with Crippen LogP contribution >= 0.6 is 11.3 Å². The van der Waals surface area contributed by atoms with Crippen LogP contribution in [0.4, 0.5) is 0 Å². The van der Waals surface area contributed by atoms with Crippen molar-refractivity contribution in [3.05, 3.63) is 26.6 Å². The van der Waals surface area contributed by atoms with Gasteiger partial charge in [0.15, 0.2) is 0 Å². The molecule has 0 unspecified atom stereocenters. The highest BCUT2D eigenvalue weighted by Crippen LogP contribution is 2.26. The molecule has 0 spiro atoms. The molecule has 1 fully saturated rings. The Kier molecular flexibility index (Phi) is 5.04. The Balaban J connectivity index is 1.69. The Morgan fingerprint density at radius 3 is 2.96 bits per heavy atom. The quantitative estimate of drug-likeness (QED) is 0.924. The van der Waals surface area contributed by atoms with E-state index in [1.54, 1.807) is 11.3 Å². The van der Waals surface area contributed by atoms with Gasteiger partial charge in [-0.15, -0.1) is 11.3 Å². The number of carbonyl (C=O) groups excluding carboxylic acids is 1. The molecule has 1 aliphatic rings. The summed E-state index contributed by atoms with van der Waals surface area (Å²) in [6, 6.07) is 0. The van der Waals surface area contributed by atoms with Gasteiger partial charge in [0.1, 0.15) is 10.7 Å². The molecular weight excluding hydrogens is 322 g/mol. The molecule has 0 saturated carbocycles. The largest absolute Gasteiger partial charge is 0.342 e. The highest BCUT2D eigenvalue weighted by atomic mass is 32.1. The predicted octanol–water partition coefficient (Wildman–Crippen LogP) is 3.18. The average Bonchev–Trinajstić information content (AvgIpc) is 2.87. The summed E-state index contributed by atoms with van der Waals surface area (Å²) < 4.78 is 0. The molecule has 3 heterocycles. The summed E-state index contributed by atoms with van der Waals surface area (Å²) in [6.45, 7) is 7.89. The lowest BCUT2D eigenvalue weighted by Gasteiger charge is -2.32. The monoisotopic (exact) mass is 347 g/mol. The first-order valence-electron chi connectivity index (χ1n) is 8.76. The number of hydrogen-bond donors (Lipinski definition) is 1. The van der Waals surface area contributed by atoms with Crippen LogP contribution in [0.3, 0.4) is 0 Å². The Hall–Kier alpha value is -1.69. The molecule has 1 N–H and O–H groups in total. The van der Waals surface area contributed by atoms with Crippen molar-refractivity contribution in [3.8, 4) is 0 Å². The van der Waals surface area contributed by atoms with Crippen molar-refractivity contribution in [2.45, 2.75) is 52.9 Å². The predicted molar refractivity (Wildman–Crippen MR) is 97.6 cm³/mol. The first-order chi connectivity index (χ1) is 11.5. The zero-order chi connectivity index (χ0) is 17.3. The van der Waals surface area contributed by atoms with E-state index in [-0.39, 0.29) is 11.5 Å². The molecule has 0 aromatic carbocycles. The van der Waals surface area contributed by atoms with Gasteiger partial charge in [-0.1, -0.05) is 13.3 Å². The molecule has 6 heteroatoms. The number of aromatic nitrogens is 2. The molecule has 1 saturated heterocycles. The fourth-order valence-corrected chi connectivity index (χ4v) is 4.47. The number of aryl methyl sites for hydroxylation is 3. The number of rotatable bonds is 4. The third-order valence-corrected chi connectivity index (χ3v) is 6.21. The summed E-state index contributed by atoms with van der Waals surface area (Å²) in [6.07, 6.45) is 4.36. The van der Waals surface area contributed by atoms with E-state index in [1.807, 2.05) is 18.7 Å². The molecule has 130 valence electrons. The fourth-order valence-electron chi connectivity index (χ4n) is 3.43. The maximum atomic E-state index is 12.4. The van der Waals surface area contributed by atoms with E-state index in [4.69, 9.17) is 0 Å². The van der Waals surface area contributed by atoms with Crippen molar-refractivity contribution in [1.29, 1.82) is 0 Å². The molecule has 0 radical (unpaired) electrons. The number of piperidine rings is 1. The minimum absolute atomic E-state index is 0.0895. The lowest BCUT2D eigenvalue weighted by atomic mass is 9.95. The molecule has 0 bridgehead atoms. The first-order valence-corrected chi connectivity index (χ1v) is 9.58. The summed E-state index contributed by atoms with van der Waals surface area (Å²) in [5.74, 6) is 1.43. The number of amides is 1. The van der Waals surface area contributed by atoms with E-state index in [1.165, 1.54) is 6.42 Å². The normalized spacial score (nSPS) is 18.3. The summed E-state index contributed by atoms with van der Waals surface area (Å²) in [5, 5.41) is 0.689. The third kappa shape index (κ3) is 3.38. The average molecular weight is 347 g/mol. The second-order valence-corrected chi connectivity index (χ2v) is 7.94. The van der Waals surface area contributed by atoms with Gasteiger partial charge in [-0.3, -0.25) is 9.59 Å². The van der Waals surface area contributed by atoms with Crippen LogP contribution in [0.1, 0.15) is 48.9 Å². The van der Waals surface area contributed by atoms with E-state index in [9.17, 15) is 9.59 Å². The van der Waals surface area contributed by atoms with Gasteiger partial charge < -0.3 is 9.88 Å². The lowest BCUT2D eigenvalue weighted by molar-refractivity contribution is -0.133. The number of nitrogens with zero attached hydrogens (tertiary/aromatic N) is 2. The maximum Gasteiger partial charge on any atom is 0.259 e. The van der Waals surface area contributed by atoms with E-state index < -0.39 is 0 Å². The number of H-pyrrole nitrogens is 1. The number of hydrogen-bond acceptors (Lipinski definition) is 4. The van der Waals surface area contributed by atoms with Crippen molar-refractivity contribution in [1.82, 2.24) is 14.9 Å². The molecule has 5 nitrogen and oxygen atoms in total. The van der Waals surface area contributed by atoms with Crippen LogP contribution in [-0.4, -0.2) is 33.9 Å². The Bertz CT molecular complexity index is 808. The molecule has 1 atom stereocenters. The van der Waals surface area contributed by atoms with Gasteiger partial charge in [0, 0.05) is 30.8 Å². The maximum absolute atomic E-state index is 12.4. The molecule has 0 aliphatic carbocycles. The van der Waals surface area contributed by atoms with Crippen LogP contribution in [0.5, 0.6) is 0 Å². The number of nitrogens with one attached hydrogen (secondary N) is 1. The standard InChI is InChI=1S/C18H25N3O2S/c1-4-13-6-5-9-21(10-13)15(22)8-7-14-19-17(23)16-11(2)12(3)24-18(16)20-14/h13H,4-10H2,1-3H3,(H,19,20,23)/t13-/m1/s1. The Morgan fingerprint density at radius 2 is 2.21 bits per heavy atom. The van der Waals surface area contributed by atoms with Crippen molar-refractivity contribution in [2.75, 3.05) is 13.1 Å². The van der Waals surface area contributed by atoms with Crippen LogP contribution < -0.4 is 5.56 Å². The molecular formula is C18H25N3O2S. The minimum Gasteiger partial charge on any atom is -0.342 e. The summed E-state index contributed by atoms with van der Waals surface area (Å²) in [7, 11) is 0. The van der Waals surface area contributed by atoms with E-state index >= 15 is 0 Å². The van der Waals surface area contributed by atoms with Gasteiger partial charge in [-0.2, -0.15) is 0 Å². The van der Waals surface area contributed by atoms with E-state index in [0.717, 1.165) is 41.2 Å². The van der Waals surface area contributed by atoms with Crippen LogP contribution in [-0.2, 0) is 11.2 Å². The minimum atomic E-state index is -0.0895. The molecule has 1 amide bonds. The number of thiophene rings is 1. The zero-order valence-electron chi connectivity index (χ0n) is 14.6. The van der Waals surface area contributed by atoms with Crippen LogP contribution in [0.25, 0.3) is 10.2 Å². The summed E-state index contributed by atoms with van der Waals surface area (Å²) >= 11 is 1.55. The zero-order valence-corrected chi connectivity index (χ0v) is 15.5. The summed E-state index contributed by atoms with van der Waals surface area (Å²) in [5.41, 5.74) is 0.915. The van der Waals surface area contributed by atoms with E-state index in [0.29, 0.717) is 30.0 Å². The Morgan fingerprint density at radius 1 is 1.42 bits per heavy atom. The topological polar surface area (TPSA) is 66.1 Å². The van der Waals surface area contributed by atoms with Gasteiger partial charge >= 0.3 is 0 Å². The van der Waals surface area contributed by atoms with Crippen LogP contribution in [0, 0.1) is 19.8 Å². The van der Waals surface area contributed by atoms with E-state index in [2.05, 4.69) is 16.9 Å². The van der Waals surface area contributed by atoms with Gasteiger partial charge in [0.25, 0.3) is 5.56 Å². The van der Waals surface area contributed by atoms with Gasteiger partial charge in [-0.05, 0) is 38.2 Å². The van der Waals surface area contributed by atoms with Crippen molar-refractivity contribution >= 4 is 27.5 Å². The summed E-state index contributed by atoms with van der Waals surface area (Å²) in [4.78, 5) is 36.0. The van der Waals surface area contributed by atoms with Gasteiger partial charge in [-0.25, -0.2) is 4.98 Å². The number of aromatic amines is 1. The van der Waals surface area contributed by atoms with Crippen LogP contribution in [0.2, 0.25) is 0 Å². The van der Waals surface area contributed by atoms with Crippen molar-refractivity contribution < 1.29 is 4.79 Å². The molecule has 24 heavy (non-hydrogen) atoms. The number of likely N-dealkylation sites (tertiary alicyclic amines) is 1. The molecule has 1 aliphatic heterocycles.